The van der Waals surface area contributed by atoms with Gasteiger partial charge in [-0.25, -0.2) is 0 Å². The molecule has 0 unspecified atom stereocenters. The van der Waals surface area contributed by atoms with E-state index in [-0.39, 0.29) is 5.91 Å². The number of nitrogens with one attached hydrogen (secondary N) is 1. The van der Waals surface area contributed by atoms with Crippen LogP contribution in [0, 0.1) is 13.8 Å². The van der Waals surface area contributed by atoms with Crippen LogP contribution in [0.1, 0.15) is 53.5 Å². The number of piperidine rings is 1. The van der Waals surface area contributed by atoms with Crippen molar-refractivity contribution in [1.82, 2.24) is 14.7 Å². The number of amides is 1. The summed E-state index contributed by atoms with van der Waals surface area (Å²) in [7, 11) is 1.86. The first-order valence-corrected chi connectivity index (χ1v) is 9.10. The van der Waals surface area contributed by atoms with Crippen LogP contribution in [0.15, 0.2) is 24.3 Å². The predicted molar refractivity (Wildman–Crippen MR) is 101 cm³/mol. The monoisotopic (exact) mass is 340 g/mol. The normalized spacial score (nSPS) is 18.3. The SMILES string of the molecule is Cc1nn(C)c(C)c1C(=O)Nc1ccc(CN2CCCC[C@H]2C)cc1. The summed E-state index contributed by atoms with van der Waals surface area (Å²) in [5.74, 6) is -0.0968. The summed E-state index contributed by atoms with van der Waals surface area (Å²) in [5, 5.41) is 7.30. The van der Waals surface area contributed by atoms with E-state index in [2.05, 4.69) is 34.4 Å². The summed E-state index contributed by atoms with van der Waals surface area (Å²) in [6, 6.07) is 8.86. The third kappa shape index (κ3) is 3.93. The smallest absolute Gasteiger partial charge is 0.259 e. The molecule has 5 nitrogen and oxygen atoms in total. The first-order chi connectivity index (χ1) is 12.0. The Kier molecular flexibility index (Phi) is 5.23. The second-order valence-corrected chi connectivity index (χ2v) is 7.14. The zero-order valence-electron chi connectivity index (χ0n) is 15.7. The molecule has 0 aliphatic carbocycles. The zero-order valence-corrected chi connectivity index (χ0v) is 15.7. The van der Waals surface area contributed by atoms with Gasteiger partial charge in [-0.15, -0.1) is 0 Å². The lowest BCUT2D eigenvalue weighted by Gasteiger charge is -2.33. The van der Waals surface area contributed by atoms with E-state index in [1.165, 1.54) is 31.4 Å². The standard InChI is InChI=1S/C20H28N4O/c1-14-7-5-6-12-24(14)13-17-8-10-18(11-9-17)21-20(25)19-15(2)22-23(4)16(19)3/h8-11,14H,5-7,12-13H2,1-4H3,(H,21,25)/t14-/m1/s1. The van der Waals surface area contributed by atoms with Crippen LogP contribution in [0.25, 0.3) is 0 Å². The molecule has 0 saturated carbocycles. The average Bonchev–Trinajstić information content (AvgIpc) is 2.84. The Hall–Kier alpha value is -2.14. The van der Waals surface area contributed by atoms with Crippen molar-refractivity contribution in [1.29, 1.82) is 0 Å². The van der Waals surface area contributed by atoms with Crippen LogP contribution in [-0.4, -0.2) is 33.2 Å². The van der Waals surface area contributed by atoms with E-state index in [0.717, 1.165) is 23.6 Å². The first-order valence-electron chi connectivity index (χ1n) is 9.10. The quantitative estimate of drug-likeness (QED) is 0.924. The molecule has 1 aromatic carbocycles. The highest BCUT2D eigenvalue weighted by Gasteiger charge is 2.19. The fourth-order valence-electron chi connectivity index (χ4n) is 3.62. The molecule has 0 radical (unpaired) electrons. The topological polar surface area (TPSA) is 50.2 Å². The van der Waals surface area contributed by atoms with Gasteiger partial charge in [0.05, 0.1) is 11.3 Å². The Bertz CT molecular complexity index is 748. The molecule has 0 spiro atoms. The highest BCUT2D eigenvalue weighted by Crippen LogP contribution is 2.20. The van der Waals surface area contributed by atoms with Crippen LogP contribution >= 0.6 is 0 Å². The minimum absolute atomic E-state index is 0.0968. The number of anilines is 1. The molecule has 1 amide bonds. The lowest BCUT2D eigenvalue weighted by Crippen LogP contribution is -2.36. The molecule has 1 saturated heterocycles. The first kappa shape index (κ1) is 17.7. The molecular formula is C20H28N4O. The van der Waals surface area contributed by atoms with Crippen molar-refractivity contribution >= 4 is 11.6 Å². The van der Waals surface area contributed by atoms with E-state index >= 15 is 0 Å². The molecule has 5 heteroatoms. The summed E-state index contributed by atoms with van der Waals surface area (Å²) >= 11 is 0. The molecule has 1 aromatic heterocycles. The van der Waals surface area contributed by atoms with Crippen molar-refractivity contribution in [2.75, 3.05) is 11.9 Å². The lowest BCUT2D eigenvalue weighted by atomic mass is 10.0. The molecule has 2 aromatic rings. The molecule has 1 atom stereocenters. The maximum atomic E-state index is 12.5. The van der Waals surface area contributed by atoms with Crippen molar-refractivity contribution in [2.45, 2.75) is 52.6 Å². The Balaban J connectivity index is 1.65. The Labute approximate surface area is 150 Å². The minimum Gasteiger partial charge on any atom is -0.322 e. The van der Waals surface area contributed by atoms with Gasteiger partial charge in [0.15, 0.2) is 0 Å². The highest BCUT2D eigenvalue weighted by molar-refractivity contribution is 6.05. The Morgan fingerprint density at radius 2 is 1.96 bits per heavy atom. The summed E-state index contributed by atoms with van der Waals surface area (Å²) in [4.78, 5) is 15.1. The number of carbonyl (C=O) groups excluding carboxylic acids is 1. The predicted octanol–water partition coefficient (Wildman–Crippen LogP) is 3.66. The number of aryl methyl sites for hydroxylation is 2. The Morgan fingerprint density at radius 1 is 1.24 bits per heavy atom. The summed E-state index contributed by atoms with van der Waals surface area (Å²) < 4.78 is 1.74. The fourth-order valence-corrected chi connectivity index (χ4v) is 3.62. The third-order valence-electron chi connectivity index (χ3n) is 5.27. The minimum atomic E-state index is -0.0968. The van der Waals surface area contributed by atoms with Gasteiger partial charge in [-0.3, -0.25) is 14.4 Å². The Morgan fingerprint density at radius 3 is 2.56 bits per heavy atom. The number of hydrogen-bond acceptors (Lipinski definition) is 3. The van der Waals surface area contributed by atoms with E-state index in [4.69, 9.17) is 0 Å². The van der Waals surface area contributed by atoms with Gasteiger partial charge in [0.2, 0.25) is 0 Å². The van der Waals surface area contributed by atoms with Gasteiger partial charge in [-0.05, 0) is 57.9 Å². The zero-order chi connectivity index (χ0) is 18.0. The van der Waals surface area contributed by atoms with Crippen LogP contribution in [0.5, 0.6) is 0 Å². The van der Waals surface area contributed by atoms with Crippen molar-refractivity contribution in [2.24, 2.45) is 7.05 Å². The number of carbonyl (C=O) groups is 1. The second kappa shape index (κ2) is 7.40. The van der Waals surface area contributed by atoms with Gasteiger partial charge in [-0.2, -0.15) is 5.10 Å². The molecule has 1 aliphatic rings. The van der Waals surface area contributed by atoms with E-state index < -0.39 is 0 Å². The van der Waals surface area contributed by atoms with Crippen LogP contribution in [0.3, 0.4) is 0 Å². The van der Waals surface area contributed by atoms with Gasteiger partial charge in [0, 0.05) is 31.0 Å². The molecule has 2 heterocycles. The lowest BCUT2D eigenvalue weighted by molar-refractivity contribution is 0.102. The van der Waals surface area contributed by atoms with Crippen molar-refractivity contribution in [3.63, 3.8) is 0 Å². The van der Waals surface area contributed by atoms with E-state index in [0.29, 0.717) is 11.6 Å². The van der Waals surface area contributed by atoms with Crippen LogP contribution in [-0.2, 0) is 13.6 Å². The van der Waals surface area contributed by atoms with Crippen LogP contribution in [0.2, 0.25) is 0 Å². The van der Waals surface area contributed by atoms with Gasteiger partial charge in [0.25, 0.3) is 5.91 Å². The van der Waals surface area contributed by atoms with E-state index in [1.54, 1.807) is 4.68 Å². The van der Waals surface area contributed by atoms with Crippen molar-refractivity contribution in [3.05, 3.63) is 46.8 Å². The average molecular weight is 340 g/mol. The van der Waals surface area contributed by atoms with Gasteiger partial charge >= 0.3 is 0 Å². The second-order valence-electron chi connectivity index (χ2n) is 7.14. The molecule has 1 aliphatic heterocycles. The summed E-state index contributed by atoms with van der Waals surface area (Å²) in [6.07, 6.45) is 3.93. The molecule has 1 fully saturated rings. The molecule has 3 rings (SSSR count). The number of nitrogens with zero attached hydrogens (tertiary/aromatic N) is 3. The molecule has 0 bridgehead atoms. The highest BCUT2D eigenvalue weighted by atomic mass is 16.1. The molecular weight excluding hydrogens is 312 g/mol. The van der Waals surface area contributed by atoms with Gasteiger partial charge in [-0.1, -0.05) is 18.6 Å². The summed E-state index contributed by atoms with van der Waals surface area (Å²) in [6.45, 7) is 8.25. The number of hydrogen-bond donors (Lipinski definition) is 1. The van der Waals surface area contributed by atoms with Crippen molar-refractivity contribution in [3.8, 4) is 0 Å². The fraction of sp³-hybridized carbons (Fsp3) is 0.500. The van der Waals surface area contributed by atoms with Gasteiger partial charge < -0.3 is 5.32 Å². The van der Waals surface area contributed by atoms with Gasteiger partial charge in [0.1, 0.15) is 0 Å². The van der Waals surface area contributed by atoms with Crippen LogP contribution in [0.4, 0.5) is 5.69 Å². The summed E-state index contributed by atoms with van der Waals surface area (Å²) in [5.41, 5.74) is 4.41. The van der Waals surface area contributed by atoms with Crippen LogP contribution < -0.4 is 5.32 Å². The number of aromatic nitrogens is 2. The largest absolute Gasteiger partial charge is 0.322 e. The van der Waals surface area contributed by atoms with E-state index in [1.807, 2.05) is 33.0 Å². The molecule has 25 heavy (non-hydrogen) atoms. The van der Waals surface area contributed by atoms with E-state index in [9.17, 15) is 4.79 Å². The third-order valence-corrected chi connectivity index (χ3v) is 5.27. The number of likely N-dealkylation sites (tertiary alicyclic amines) is 1. The maximum Gasteiger partial charge on any atom is 0.259 e. The van der Waals surface area contributed by atoms with Crippen molar-refractivity contribution < 1.29 is 4.79 Å². The maximum absolute atomic E-state index is 12.5. The number of benzene rings is 1. The number of rotatable bonds is 4. The molecule has 134 valence electrons. The molecule has 1 N–H and O–H groups in total.